The molecule has 0 saturated carbocycles. The number of fused-ring (bicyclic) bond motifs is 1. The van der Waals surface area contributed by atoms with Crippen molar-refractivity contribution in [1.29, 1.82) is 0 Å². The Kier molecular flexibility index (Phi) is 5.70. The first kappa shape index (κ1) is 20.4. The zero-order valence-corrected chi connectivity index (χ0v) is 18.8. The van der Waals surface area contributed by atoms with Crippen LogP contribution < -0.4 is 10.3 Å². The van der Waals surface area contributed by atoms with Crippen LogP contribution in [0.4, 0.5) is 0 Å². The Bertz CT molecular complexity index is 1450. The van der Waals surface area contributed by atoms with E-state index in [4.69, 9.17) is 14.7 Å². The zero-order valence-electron chi connectivity index (χ0n) is 17.1. The summed E-state index contributed by atoms with van der Waals surface area (Å²) in [4.78, 5) is 27.3. The van der Waals surface area contributed by atoms with Crippen LogP contribution >= 0.6 is 23.1 Å². The van der Waals surface area contributed by atoms with Crippen LogP contribution in [0.25, 0.3) is 27.3 Å². The molecule has 0 bridgehead atoms. The van der Waals surface area contributed by atoms with Gasteiger partial charge >= 0.3 is 0 Å². The summed E-state index contributed by atoms with van der Waals surface area (Å²) in [6.07, 6.45) is 1.76. The van der Waals surface area contributed by atoms with Crippen molar-refractivity contribution >= 4 is 34.0 Å². The lowest BCUT2D eigenvalue weighted by Gasteiger charge is -2.15. The maximum Gasteiger partial charge on any atom is 0.266 e. The number of ether oxygens (including phenoxy) is 1. The summed E-state index contributed by atoms with van der Waals surface area (Å²) in [5.74, 6) is 1.18. The van der Waals surface area contributed by atoms with E-state index in [1.807, 2.05) is 66.0 Å². The number of hydrogen-bond donors (Lipinski definition) is 0. The molecule has 32 heavy (non-hydrogen) atoms. The molecule has 6 nitrogen and oxygen atoms in total. The topological polar surface area (TPSA) is 69.9 Å². The standard InChI is InChI=1S/C24H18N4O2S2/c1-30-21-12-5-4-11-20(21)28-23(29)17-8-2-3-9-18(17)27-24(28)32-15-16-14-31-22(26-16)19-10-6-7-13-25-19/h2-14H,15H2,1H3. The van der Waals surface area contributed by atoms with Gasteiger partial charge in [0.05, 0.1) is 35.1 Å². The molecular weight excluding hydrogens is 440 g/mol. The van der Waals surface area contributed by atoms with E-state index in [1.165, 1.54) is 11.8 Å². The molecule has 0 fully saturated rings. The molecule has 5 rings (SSSR count). The fourth-order valence-electron chi connectivity index (χ4n) is 3.35. The molecule has 0 unspecified atom stereocenters. The number of thioether (sulfide) groups is 1. The number of nitrogens with zero attached hydrogens (tertiary/aromatic N) is 4. The van der Waals surface area contributed by atoms with Gasteiger partial charge in [0.15, 0.2) is 5.16 Å². The molecule has 0 N–H and O–H groups in total. The van der Waals surface area contributed by atoms with Crippen molar-refractivity contribution in [3.05, 3.63) is 94.4 Å². The monoisotopic (exact) mass is 458 g/mol. The number of para-hydroxylation sites is 3. The molecule has 5 aromatic rings. The van der Waals surface area contributed by atoms with Gasteiger partial charge < -0.3 is 4.74 Å². The SMILES string of the molecule is COc1ccccc1-n1c(SCc2csc(-c3ccccn3)n2)nc2ccccc2c1=O. The Morgan fingerprint density at radius 2 is 1.81 bits per heavy atom. The number of thiazole rings is 1. The lowest BCUT2D eigenvalue weighted by Crippen LogP contribution is -2.22. The predicted molar refractivity (Wildman–Crippen MR) is 129 cm³/mol. The van der Waals surface area contributed by atoms with Crippen LogP contribution in [-0.4, -0.2) is 26.6 Å². The predicted octanol–water partition coefficient (Wildman–Crippen LogP) is 5.21. The summed E-state index contributed by atoms with van der Waals surface area (Å²) in [6.45, 7) is 0. The molecule has 0 aliphatic rings. The van der Waals surface area contributed by atoms with Gasteiger partial charge in [0.25, 0.3) is 5.56 Å². The van der Waals surface area contributed by atoms with Gasteiger partial charge in [0, 0.05) is 17.3 Å². The maximum atomic E-state index is 13.5. The van der Waals surface area contributed by atoms with E-state index in [0.29, 0.717) is 33.2 Å². The molecule has 0 radical (unpaired) electrons. The minimum atomic E-state index is -0.130. The summed E-state index contributed by atoms with van der Waals surface area (Å²) in [5.41, 5.74) is 2.96. The molecule has 158 valence electrons. The fraction of sp³-hybridized carbons (Fsp3) is 0.0833. The number of aromatic nitrogens is 4. The number of pyridine rings is 1. The van der Waals surface area contributed by atoms with E-state index in [0.717, 1.165) is 16.4 Å². The fourth-order valence-corrected chi connectivity index (χ4v) is 5.15. The van der Waals surface area contributed by atoms with Crippen LogP contribution in [0.5, 0.6) is 5.75 Å². The van der Waals surface area contributed by atoms with E-state index >= 15 is 0 Å². The van der Waals surface area contributed by atoms with Gasteiger partial charge in [-0.15, -0.1) is 11.3 Å². The van der Waals surface area contributed by atoms with Crippen LogP contribution in [0.2, 0.25) is 0 Å². The highest BCUT2D eigenvalue weighted by Gasteiger charge is 2.17. The molecule has 0 saturated heterocycles. The van der Waals surface area contributed by atoms with Crippen LogP contribution in [0.3, 0.4) is 0 Å². The first-order chi connectivity index (χ1) is 15.7. The molecule has 0 aliphatic carbocycles. The quantitative estimate of drug-likeness (QED) is 0.257. The Labute approximate surface area is 192 Å². The molecule has 0 spiro atoms. The summed E-state index contributed by atoms with van der Waals surface area (Å²) < 4.78 is 7.15. The molecule has 0 atom stereocenters. The van der Waals surface area contributed by atoms with Crippen LogP contribution in [0.1, 0.15) is 5.69 Å². The van der Waals surface area contributed by atoms with Crippen molar-refractivity contribution in [1.82, 2.24) is 19.5 Å². The van der Waals surface area contributed by atoms with E-state index in [1.54, 1.807) is 35.3 Å². The van der Waals surface area contributed by atoms with Crippen molar-refractivity contribution in [3.8, 4) is 22.1 Å². The van der Waals surface area contributed by atoms with Crippen molar-refractivity contribution in [2.75, 3.05) is 7.11 Å². The van der Waals surface area contributed by atoms with Gasteiger partial charge in [-0.2, -0.15) is 0 Å². The van der Waals surface area contributed by atoms with E-state index in [2.05, 4.69) is 4.98 Å². The average molecular weight is 459 g/mol. The lowest BCUT2D eigenvalue weighted by molar-refractivity contribution is 0.411. The molecule has 0 aliphatic heterocycles. The van der Waals surface area contributed by atoms with Crippen molar-refractivity contribution in [2.24, 2.45) is 0 Å². The van der Waals surface area contributed by atoms with Gasteiger partial charge in [-0.05, 0) is 36.4 Å². The number of rotatable bonds is 6. The highest BCUT2D eigenvalue weighted by Crippen LogP contribution is 2.30. The molecule has 3 aromatic heterocycles. The molecule has 3 heterocycles. The van der Waals surface area contributed by atoms with Gasteiger partial charge in [0.2, 0.25) is 0 Å². The normalized spacial score (nSPS) is 11.0. The van der Waals surface area contributed by atoms with Crippen molar-refractivity contribution in [3.63, 3.8) is 0 Å². The summed E-state index contributed by atoms with van der Waals surface area (Å²) in [5, 5.41) is 4.04. The zero-order chi connectivity index (χ0) is 21.9. The van der Waals surface area contributed by atoms with E-state index in [9.17, 15) is 4.79 Å². The maximum absolute atomic E-state index is 13.5. The Morgan fingerprint density at radius 3 is 2.66 bits per heavy atom. The second kappa shape index (κ2) is 8.94. The van der Waals surface area contributed by atoms with Crippen molar-refractivity contribution in [2.45, 2.75) is 10.9 Å². The van der Waals surface area contributed by atoms with E-state index < -0.39 is 0 Å². The van der Waals surface area contributed by atoms with Gasteiger partial charge in [-0.3, -0.25) is 14.3 Å². The van der Waals surface area contributed by atoms with Crippen LogP contribution in [0.15, 0.2) is 88.3 Å². The summed E-state index contributed by atoms with van der Waals surface area (Å²) in [7, 11) is 1.60. The van der Waals surface area contributed by atoms with E-state index in [-0.39, 0.29) is 5.56 Å². The second-order valence-corrected chi connectivity index (χ2v) is 8.67. The third kappa shape index (κ3) is 3.90. The Hall–Kier alpha value is -3.49. The largest absolute Gasteiger partial charge is 0.495 e. The average Bonchev–Trinajstić information content (AvgIpc) is 3.33. The molecular formula is C24H18N4O2S2. The van der Waals surface area contributed by atoms with Gasteiger partial charge in [-0.1, -0.05) is 42.1 Å². The highest BCUT2D eigenvalue weighted by molar-refractivity contribution is 7.98. The van der Waals surface area contributed by atoms with Crippen molar-refractivity contribution < 1.29 is 4.74 Å². The number of methoxy groups -OCH3 is 1. The lowest BCUT2D eigenvalue weighted by atomic mass is 10.2. The first-order valence-corrected chi connectivity index (χ1v) is 11.7. The summed E-state index contributed by atoms with van der Waals surface area (Å²) in [6, 6.07) is 20.6. The molecule has 2 aromatic carbocycles. The van der Waals surface area contributed by atoms with Gasteiger partial charge in [0.1, 0.15) is 10.8 Å². The van der Waals surface area contributed by atoms with Crippen LogP contribution in [0, 0.1) is 0 Å². The Morgan fingerprint density at radius 1 is 1.00 bits per heavy atom. The minimum Gasteiger partial charge on any atom is -0.495 e. The van der Waals surface area contributed by atoms with Crippen LogP contribution in [-0.2, 0) is 5.75 Å². The second-order valence-electron chi connectivity index (χ2n) is 6.87. The smallest absolute Gasteiger partial charge is 0.266 e. The third-order valence-corrected chi connectivity index (χ3v) is 6.74. The van der Waals surface area contributed by atoms with Gasteiger partial charge in [-0.25, -0.2) is 9.97 Å². The summed E-state index contributed by atoms with van der Waals surface area (Å²) >= 11 is 3.03. The number of hydrogen-bond acceptors (Lipinski definition) is 7. The molecule has 8 heteroatoms. The first-order valence-electron chi connectivity index (χ1n) is 9.88. The Balaban J connectivity index is 1.55. The number of benzene rings is 2. The molecule has 0 amide bonds. The minimum absolute atomic E-state index is 0.130. The highest BCUT2D eigenvalue weighted by atomic mass is 32.2. The third-order valence-electron chi connectivity index (χ3n) is 4.86.